The van der Waals surface area contributed by atoms with E-state index in [1.165, 1.54) is 6.42 Å². The van der Waals surface area contributed by atoms with Crippen molar-refractivity contribution >= 4 is 5.96 Å². The molecule has 0 radical (unpaired) electrons. The summed E-state index contributed by atoms with van der Waals surface area (Å²) < 4.78 is 5.12. The third-order valence-corrected chi connectivity index (χ3v) is 3.21. The molecule has 0 fully saturated rings. The fourth-order valence-electron chi connectivity index (χ4n) is 1.93. The van der Waals surface area contributed by atoms with E-state index in [0.717, 1.165) is 24.0 Å². The van der Waals surface area contributed by atoms with Crippen LogP contribution in [0.15, 0.2) is 23.2 Å². The largest absolute Gasteiger partial charge is 0.481 e. The third kappa shape index (κ3) is 6.97. The van der Waals surface area contributed by atoms with Crippen LogP contribution in [0.25, 0.3) is 0 Å². The normalized spacial score (nSPS) is 13.1. The topological polar surface area (TPSA) is 58.5 Å². The molecule has 21 heavy (non-hydrogen) atoms. The number of hydrogen-bond donors (Lipinski definition) is 2. The third-order valence-electron chi connectivity index (χ3n) is 3.21. The van der Waals surface area contributed by atoms with Gasteiger partial charge >= 0.3 is 0 Å². The monoisotopic (exact) mass is 292 g/mol. The summed E-state index contributed by atoms with van der Waals surface area (Å²) in [5.41, 5.74) is 0.923. The molecule has 0 aliphatic carbocycles. The number of nitrogens with one attached hydrogen (secondary N) is 2. The van der Waals surface area contributed by atoms with Crippen LogP contribution in [0.3, 0.4) is 0 Å². The summed E-state index contributed by atoms with van der Waals surface area (Å²) in [6.45, 7) is 7.29. The molecule has 0 bridgehead atoms. The SMILES string of the molecule is CN=C(NCc1cccc(OC)n1)NC(C)CCC(C)C. The van der Waals surface area contributed by atoms with Crippen LogP contribution in [-0.2, 0) is 6.54 Å². The predicted octanol–water partition coefficient (Wildman–Crippen LogP) is 2.58. The molecule has 2 N–H and O–H groups in total. The Morgan fingerprint density at radius 2 is 2.05 bits per heavy atom. The molecule has 0 aliphatic heterocycles. The quantitative estimate of drug-likeness (QED) is 0.599. The van der Waals surface area contributed by atoms with Crippen LogP contribution in [0.1, 0.15) is 39.3 Å². The first-order valence-electron chi connectivity index (χ1n) is 7.52. The predicted molar refractivity (Wildman–Crippen MR) is 87.7 cm³/mol. The Hall–Kier alpha value is -1.78. The van der Waals surface area contributed by atoms with Gasteiger partial charge in [0.1, 0.15) is 0 Å². The van der Waals surface area contributed by atoms with Gasteiger partial charge in [-0.05, 0) is 31.7 Å². The van der Waals surface area contributed by atoms with Gasteiger partial charge in [-0.2, -0.15) is 0 Å². The van der Waals surface area contributed by atoms with Crippen molar-refractivity contribution in [2.75, 3.05) is 14.2 Å². The van der Waals surface area contributed by atoms with E-state index in [2.05, 4.69) is 41.4 Å². The minimum atomic E-state index is 0.400. The number of rotatable bonds is 7. The van der Waals surface area contributed by atoms with Crippen LogP contribution < -0.4 is 15.4 Å². The van der Waals surface area contributed by atoms with Crippen LogP contribution >= 0.6 is 0 Å². The zero-order valence-corrected chi connectivity index (χ0v) is 13.8. The first-order chi connectivity index (χ1) is 10.0. The molecule has 0 saturated carbocycles. The lowest BCUT2D eigenvalue weighted by Gasteiger charge is -2.18. The molecule has 1 unspecified atom stereocenters. The minimum Gasteiger partial charge on any atom is -0.481 e. The highest BCUT2D eigenvalue weighted by molar-refractivity contribution is 5.79. The van der Waals surface area contributed by atoms with Gasteiger partial charge in [0.15, 0.2) is 5.96 Å². The number of guanidine groups is 1. The van der Waals surface area contributed by atoms with Gasteiger partial charge in [0, 0.05) is 19.2 Å². The average molecular weight is 292 g/mol. The van der Waals surface area contributed by atoms with Crippen molar-refractivity contribution in [3.63, 3.8) is 0 Å². The summed E-state index contributed by atoms with van der Waals surface area (Å²) in [5, 5.41) is 6.68. The Labute approximate surface area is 128 Å². The standard InChI is InChI=1S/C16H28N4O/c1-12(2)9-10-13(3)19-16(17-4)18-11-14-7-6-8-15(20-14)21-5/h6-8,12-13H,9-11H2,1-5H3,(H2,17,18,19). The van der Waals surface area contributed by atoms with Crippen LogP contribution in [0.5, 0.6) is 5.88 Å². The first-order valence-corrected chi connectivity index (χ1v) is 7.52. The Kier molecular flexibility index (Phi) is 7.58. The molecule has 0 aromatic carbocycles. The van der Waals surface area contributed by atoms with Crippen molar-refractivity contribution in [3.8, 4) is 5.88 Å². The first kappa shape index (κ1) is 17.3. The second-order valence-corrected chi connectivity index (χ2v) is 5.61. The molecule has 1 heterocycles. The molecule has 0 amide bonds. The summed E-state index contributed by atoms with van der Waals surface area (Å²) in [4.78, 5) is 8.62. The van der Waals surface area contributed by atoms with E-state index in [0.29, 0.717) is 18.5 Å². The molecule has 0 saturated heterocycles. The van der Waals surface area contributed by atoms with Gasteiger partial charge in [-0.15, -0.1) is 0 Å². The fraction of sp³-hybridized carbons (Fsp3) is 0.625. The lowest BCUT2D eigenvalue weighted by molar-refractivity contribution is 0.396. The van der Waals surface area contributed by atoms with Crippen LogP contribution in [-0.4, -0.2) is 31.1 Å². The lowest BCUT2D eigenvalue weighted by atomic mass is 10.0. The summed E-state index contributed by atoms with van der Waals surface area (Å²) in [7, 11) is 3.40. The van der Waals surface area contributed by atoms with Crippen molar-refractivity contribution in [2.24, 2.45) is 10.9 Å². The van der Waals surface area contributed by atoms with E-state index < -0.39 is 0 Å². The number of ether oxygens (including phenoxy) is 1. The molecule has 1 aromatic rings. The van der Waals surface area contributed by atoms with Gasteiger partial charge in [-0.3, -0.25) is 4.99 Å². The van der Waals surface area contributed by atoms with Crippen LogP contribution in [0, 0.1) is 5.92 Å². The number of aliphatic imine (C=N–C) groups is 1. The molecule has 0 aliphatic rings. The average Bonchev–Trinajstić information content (AvgIpc) is 2.49. The fourth-order valence-corrected chi connectivity index (χ4v) is 1.93. The van der Waals surface area contributed by atoms with E-state index in [1.807, 2.05) is 18.2 Å². The number of aromatic nitrogens is 1. The minimum absolute atomic E-state index is 0.400. The van der Waals surface area contributed by atoms with Crippen LogP contribution in [0.2, 0.25) is 0 Å². The highest BCUT2D eigenvalue weighted by Gasteiger charge is 2.06. The van der Waals surface area contributed by atoms with E-state index >= 15 is 0 Å². The highest BCUT2D eigenvalue weighted by atomic mass is 16.5. The zero-order chi connectivity index (χ0) is 15.7. The van der Waals surface area contributed by atoms with E-state index in [4.69, 9.17) is 4.74 Å². The van der Waals surface area contributed by atoms with E-state index in [-0.39, 0.29) is 0 Å². The Morgan fingerprint density at radius 3 is 2.67 bits per heavy atom. The van der Waals surface area contributed by atoms with Gasteiger partial charge in [0.05, 0.1) is 19.3 Å². The van der Waals surface area contributed by atoms with Crippen molar-refractivity contribution in [3.05, 3.63) is 23.9 Å². The summed E-state index contributed by atoms with van der Waals surface area (Å²) >= 11 is 0. The summed E-state index contributed by atoms with van der Waals surface area (Å²) in [5.74, 6) is 2.16. The van der Waals surface area contributed by atoms with Crippen molar-refractivity contribution in [1.29, 1.82) is 0 Å². The van der Waals surface area contributed by atoms with E-state index in [1.54, 1.807) is 14.2 Å². The highest BCUT2D eigenvalue weighted by Crippen LogP contribution is 2.07. The molecule has 5 nitrogen and oxygen atoms in total. The molecular weight excluding hydrogens is 264 g/mol. The maximum atomic E-state index is 5.12. The van der Waals surface area contributed by atoms with Crippen molar-refractivity contribution in [1.82, 2.24) is 15.6 Å². The molecular formula is C16H28N4O. The number of hydrogen-bond acceptors (Lipinski definition) is 3. The Balaban J connectivity index is 2.43. The Morgan fingerprint density at radius 1 is 1.29 bits per heavy atom. The van der Waals surface area contributed by atoms with Gasteiger partial charge in [-0.25, -0.2) is 4.98 Å². The van der Waals surface area contributed by atoms with Crippen LogP contribution in [0.4, 0.5) is 0 Å². The van der Waals surface area contributed by atoms with E-state index in [9.17, 15) is 0 Å². The second-order valence-electron chi connectivity index (χ2n) is 5.61. The summed E-state index contributed by atoms with van der Waals surface area (Å²) in [6.07, 6.45) is 2.35. The number of pyridine rings is 1. The lowest BCUT2D eigenvalue weighted by Crippen LogP contribution is -2.42. The molecule has 1 aromatic heterocycles. The Bertz CT molecular complexity index is 446. The molecule has 0 spiro atoms. The molecule has 1 atom stereocenters. The van der Waals surface area contributed by atoms with Crippen molar-refractivity contribution < 1.29 is 4.74 Å². The summed E-state index contributed by atoms with van der Waals surface area (Å²) in [6, 6.07) is 6.14. The number of methoxy groups -OCH3 is 1. The molecule has 1 rings (SSSR count). The van der Waals surface area contributed by atoms with Gasteiger partial charge < -0.3 is 15.4 Å². The number of nitrogens with zero attached hydrogens (tertiary/aromatic N) is 2. The van der Waals surface area contributed by atoms with Crippen molar-refractivity contribution in [2.45, 2.75) is 46.2 Å². The molecule has 5 heteroatoms. The van der Waals surface area contributed by atoms with Gasteiger partial charge in [0.2, 0.25) is 5.88 Å². The second kappa shape index (κ2) is 9.21. The maximum absolute atomic E-state index is 5.12. The van der Waals surface area contributed by atoms with Gasteiger partial charge in [-0.1, -0.05) is 19.9 Å². The van der Waals surface area contributed by atoms with Gasteiger partial charge in [0.25, 0.3) is 0 Å². The smallest absolute Gasteiger partial charge is 0.213 e. The maximum Gasteiger partial charge on any atom is 0.213 e. The zero-order valence-electron chi connectivity index (χ0n) is 13.8. The molecule has 118 valence electrons.